The molecule has 15 heavy (non-hydrogen) atoms. The second kappa shape index (κ2) is 6.07. The smallest absolute Gasteiger partial charge is 0.232 e. The summed E-state index contributed by atoms with van der Waals surface area (Å²) in [6.45, 7) is 5.29. The van der Waals surface area contributed by atoms with Gasteiger partial charge in [0.2, 0.25) is 15.9 Å². The molecule has 0 bridgehead atoms. The topological polar surface area (TPSA) is 80.5 Å². The van der Waals surface area contributed by atoms with E-state index in [1.807, 2.05) is 6.92 Å². The summed E-state index contributed by atoms with van der Waals surface area (Å²) < 4.78 is 24.8. The van der Waals surface area contributed by atoms with Gasteiger partial charge in [0.15, 0.2) is 0 Å². The number of hydrogen-bond donors (Lipinski definition) is 1. The average molecular weight is 236 g/mol. The van der Waals surface area contributed by atoms with Gasteiger partial charge < -0.3 is 5.73 Å². The third kappa shape index (κ3) is 4.61. The van der Waals surface area contributed by atoms with Crippen LogP contribution in [0.3, 0.4) is 0 Å². The maximum atomic E-state index is 11.8. The van der Waals surface area contributed by atoms with Crippen LogP contribution in [-0.4, -0.2) is 37.0 Å². The summed E-state index contributed by atoms with van der Waals surface area (Å²) in [7, 11) is -3.37. The van der Waals surface area contributed by atoms with Crippen LogP contribution in [0, 0.1) is 0 Å². The molecule has 0 spiro atoms. The van der Waals surface area contributed by atoms with E-state index in [9.17, 15) is 13.2 Å². The maximum Gasteiger partial charge on any atom is 0.232 e. The van der Waals surface area contributed by atoms with E-state index >= 15 is 0 Å². The molecule has 0 rings (SSSR count). The predicted molar refractivity (Wildman–Crippen MR) is 59.7 cm³/mol. The molecule has 0 fully saturated rings. The summed E-state index contributed by atoms with van der Waals surface area (Å²) in [5.41, 5.74) is 5.02. The molecule has 0 heterocycles. The van der Waals surface area contributed by atoms with E-state index in [2.05, 4.69) is 0 Å². The Morgan fingerprint density at radius 2 is 1.93 bits per heavy atom. The van der Waals surface area contributed by atoms with Crippen LogP contribution in [0.25, 0.3) is 0 Å². The van der Waals surface area contributed by atoms with Gasteiger partial charge in [0, 0.05) is 6.54 Å². The third-order valence-corrected chi connectivity index (χ3v) is 4.27. The van der Waals surface area contributed by atoms with Gasteiger partial charge in [0.1, 0.15) is 0 Å². The van der Waals surface area contributed by atoms with Crippen molar-refractivity contribution in [3.05, 3.63) is 0 Å². The fourth-order valence-electron chi connectivity index (χ4n) is 1.10. The fraction of sp³-hybridized carbons (Fsp3) is 0.889. The molecule has 0 aliphatic heterocycles. The lowest BCUT2D eigenvalue weighted by atomic mass is 10.3. The van der Waals surface area contributed by atoms with Gasteiger partial charge in [0.05, 0.1) is 11.8 Å². The molecule has 0 atom stereocenters. The molecule has 0 aromatic carbocycles. The van der Waals surface area contributed by atoms with Crippen molar-refractivity contribution in [3.8, 4) is 0 Å². The molecule has 0 radical (unpaired) electrons. The van der Waals surface area contributed by atoms with Crippen molar-refractivity contribution < 1.29 is 13.2 Å². The number of amides is 1. The van der Waals surface area contributed by atoms with E-state index in [4.69, 9.17) is 5.73 Å². The number of unbranched alkanes of at least 4 members (excludes halogenated alkanes) is 1. The average Bonchev–Trinajstić information content (AvgIpc) is 2.11. The van der Waals surface area contributed by atoms with Gasteiger partial charge in [-0.15, -0.1) is 0 Å². The quantitative estimate of drug-likeness (QED) is 0.691. The fourth-order valence-corrected chi connectivity index (χ4v) is 2.39. The van der Waals surface area contributed by atoms with Crippen molar-refractivity contribution in [2.75, 3.05) is 13.1 Å². The highest BCUT2D eigenvalue weighted by atomic mass is 32.2. The number of rotatable bonds is 7. The molecule has 0 aromatic rings. The first-order valence-corrected chi connectivity index (χ1v) is 6.60. The predicted octanol–water partition coefficient (Wildman–Crippen LogP) is 0.312. The first-order chi connectivity index (χ1) is 6.82. The van der Waals surface area contributed by atoms with Gasteiger partial charge >= 0.3 is 0 Å². The number of primary amides is 1. The van der Waals surface area contributed by atoms with Crippen LogP contribution >= 0.6 is 0 Å². The minimum Gasteiger partial charge on any atom is -0.369 e. The Morgan fingerprint density at radius 1 is 1.40 bits per heavy atom. The van der Waals surface area contributed by atoms with E-state index in [0.29, 0.717) is 6.54 Å². The summed E-state index contributed by atoms with van der Waals surface area (Å²) in [5.74, 6) is -0.615. The molecule has 0 saturated carbocycles. The molecule has 1 amide bonds. The molecule has 0 saturated heterocycles. The number of carbonyl (C=O) groups is 1. The minimum atomic E-state index is -3.37. The van der Waals surface area contributed by atoms with E-state index in [1.165, 1.54) is 4.31 Å². The zero-order valence-electron chi connectivity index (χ0n) is 9.56. The molecule has 0 aromatic heterocycles. The van der Waals surface area contributed by atoms with Crippen molar-refractivity contribution in [1.82, 2.24) is 4.31 Å². The largest absolute Gasteiger partial charge is 0.369 e. The first kappa shape index (κ1) is 14.4. The molecule has 5 nitrogen and oxygen atoms in total. The molecule has 0 aliphatic carbocycles. The van der Waals surface area contributed by atoms with E-state index in [1.54, 1.807) is 13.8 Å². The van der Waals surface area contributed by atoms with Crippen molar-refractivity contribution in [2.45, 2.75) is 38.9 Å². The highest BCUT2D eigenvalue weighted by Crippen LogP contribution is 2.09. The maximum absolute atomic E-state index is 11.8. The van der Waals surface area contributed by atoms with Crippen molar-refractivity contribution >= 4 is 15.9 Å². The Morgan fingerprint density at radius 3 is 2.27 bits per heavy atom. The Labute approximate surface area is 91.7 Å². The van der Waals surface area contributed by atoms with Crippen LogP contribution in [0.1, 0.15) is 33.6 Å². The van der Waals surface area contributed by atoms with E-state index in [0.717, 1.165) is 12.8 Å². The summed E-state index contributed by atoms with van der Waals surface area (Å²) in [5, 5.41) is -0.520. The number of nitrogens with two attached hydrogens (primary N) is 1. The highest BCUT2D eigenvalue weighted by molar-refractivity contribution is 7.89. The van der Waals surface area contributed by atoms with Gasteiger partial charge in [0.25, 0.3) is 0 Å². The number of hydrogen-bond acceptors (Lipinski definition) is 3. The van der Waals surface area contributed by atoms with Crippen LogP contribution in [0.2, 0.25) is 0 Å². The standard InChI is InChI=1S/C9H20N2O3S/c1-4-5-6-11(7-9(10)12)15(13,14)8(2)3/h8H,4-7H2,1-3H3,(H2,10,12). The van der Waals surface area contributed by atoms with Gasteiger partial charge in [-0.05, 0) is 20.3 Å². The van der Waals surface area contributed by atoms with Crippen LogP contribution < -0.4 is 5.73 Å². The molecule has 0 unspecified atom stereocenters. The second-order valence-electron chi connectivity index (χ2n) is 3.75. The summed E-state index contributed by atoms with van der Waals surface area (Å²) in [4.78, 5) is 10.8. The van der Waals surface area contributed by atoms with Crippen molar-refractivity contribution in [3.63, 3.8) is 0 Å². The number of sulfonamides is 1. The molecule has 2 N–H and O–H groups in total. The van der Waals surface area contributed by atoms with Gasteiger partial charge in [-0.3, -0.25) is 4.79 Å². The van der Waals surface area contributed by atoms with Gasteiger partial charge in [-0.1, -0.05) is 13.3 Å². The first-order valence-electron chi connectivity index (χ1n) is 5.09. The zero-order chi connectivity index (χ0) is 12.1. The molecular weight excluding hydrogens is 216 g/mol. The lowest BCUT2D eigenvalue weighted by Crippen LogP contribution is -2.42. The van der Waals surface area contributed by atoms with E-state index < -0.39 is 21.2 Å². The lowest BCUT2D eigenvalue weighted by Gasteiger charge is -2.22. The summed E-state index contributed by atoms with van der Waals surface area (Å²) in [6, 6.07) is 0. The van der Waals surface area contributed by atoms with Gasteiger partial charge in [-0.25, -0.2) is 8.42 Å². The minimum absolute atomic E-state index is 0.222. The SMILES string of the molecule is CCCCN(CC(N)=O)S(=O)(=O)C(C)C. The van der Waals surface area contributed by atoms with Crippen molar-refractivity contribution in [2.24, 2.45) is 5.73 Å². The molecule has 90 valence electrons. The monoisotopic (exact) mass is 236 g/mol. The van der Waals surface area contributed by atoms with Crippen LogP contribution in [0.4, 0.5) is 0 Å². The third-order valence-electron chi connectivity index (χ3n) is 2.05. The molecule has 0 aliphatic rings. The Bertz CT molecular complexity index is 298. The van der Waals surface area contributed by atoms with Crippen LogP contribution in [0.5, 0.6) is 0 Å². The van der Waals surface area contributed by atoms with E-state index in [-0.39, 0.29) is 6.54 Å². The normalized spacial score (nSPS) is 12.3. The second-order valence-corrected chi connectivity index (χ2v) is 6.24. The lowest BCUT2D eigenvalue weighted by molar-refractivity contribution is -0.118. The Balaban J connectivity index is 4.69. The van der Waals surface area contributed by atoms with Crippen molar-refractivity contribution in [1.29, 1.82) is 0 Å². The molecule has 6 heteroatoms. The highest BCUT2D eigenvalue weighted by Gasteiger charge is 2.26. The molecular formula is C9H20N2O3S. The number of carbonyl (C=O) groups excluding carboxylic acids is 1. The number of nitrogens with zero attached hydrogens (tertiary/aromatic N) is 1. The Hall–Kier alpha value is -0.620. The van der Waals surface area contributed by atoms with Gasteiger partial charge in [-0.2, -0.15) is 4.31 Å². The summed E-state index contributed by atoms with van der Waals surface area (Å²) >= 11 is 0. The van der Waals surface area contributed by atoms with Crippen LogP contribution in [0.15, 0.2) is 0 Å². The Kier molecular flexibility index (Phi) is 5.82. The zero-order valence-corrected chi connectivity index (χ0v) is 10.4. The van der Waals surface area contributed by atoms with Crippen LogP contribution in [-0.2, 0) is 14.8 Å². The summed E-state index contributed by atoms with van der Waals surface area (Å²) in [6.07, 6.45) is 1.61.